The van der Waals surface area contributed by atoms with Crippen molar-refractivity contribution in [2.75, 3.05) is 6.67 Å². The molecule has 0 radical (unpaired) electrons. The van der Waals surface area contributed by atoms with E-state index in [9.17, 15) is 14.4 Å². The van der Waals surface area contributed by atoms with Crippen molar-refractivity contribution in [3.8, 4) is 0 Å². The standard InChI is InChI=1S/C7H9N5O3/c13-4-8-3-10-7(15)9-2-5-1-6(14)12-11-5/h1H,2-3H2,(H2,9,10,15)(H2,11,12,14). The third kappa shape index (κ3) is 3.92. The summed E-state index contributed by atoms with van der Waals surface area (Å²) in [5.41, 5.74) is 0.284. The molecule has 8 nitrogen and oxygen atoms in total. The van der Waals surface area contributed by atoms with Crippen LogP contribution >= 0.6 is 0 Å². The molecule has 0 saturated heterocycles. The van der Waals surface area contributed by atoms with Gasteiger partial charge in [-0.15, -0.1) is 0 Å². The van der Waals surface area contributed by atoms with E-state index in [1.165, 1.54) is 12.1 Å². The Morgan fingerprint density at radius 3 is 2.87 bits per heavy atom. The lowest BCUT2D eigenvalue weighted by Crippen LogP contribution is -2.35. The topological polar surface area (TPSA) is 119 Å². The number of urea groups is 1. The summed E-state index contributed by atoms with van der Waals surface area (Å²) in [4.78, 5) is 34.4. The number of aliphatic imine (C=N–C) groups is 1. The molecule has 0 aliphatic heterocycles. The van der Waals surface area contributed by atoms with Crippen LogP contribution in [0.5, 0.6) is 0 Å². The van der Waals surface area contributed by atoms with E-state index in [2.05, 4.69) is 25.8 Å². The normalized spacial score (nSPS) is 9.07. The first-order chi connectivity index (χ1) is 7.22. The summed E-state index contributed by atoms with van der Waals surface area (Å²) in [6.07, 6.45) is 1.28. The molecule has 0 aromatic carbocycles. The van der Waals surface area contributed by atoms with E-state index in [-0.39, 0.29) is 18.8 Å². The zero-order chi connectivity index (χ0) is 11.1. The smallest absolute Gasteiger partial charge is 0.316 e. The van der Waals surface area contributed by atoms with Gasteiger partial charge in [0.2, 0.25) is 6.08 Å². The molecule has 4 N–H and O–H groups in total. The number of H-pyrrole nitrogens is 2. The molecule has 1 aromatic rings. The quantitative estimate of drug-likeness (QED) is 0.369. The first-order valence-corrected chi connectivity index (χ1v) is 4.04. The van der Waals surface area contributed by atoms with Gasteiger partial charge in [0.15, 0.2) is 0 Å². The molecule has 0 aliphatic rings. The Labute approximate surface area is 83.8 Å². The highest BCUT2D eigenvalue weighted by atomic mass is 16.2. The number of hydrogen-bond acceptors (Lipinski definition) is 4. The average molecular weight is 211 g/mol. The second-order valence-electron chi connectivity index (χ2n) is 2.55. The van der Waals surface area contributed by atoms with Crippen molar-refractivity contribution in [1.29, 1.82) is 0 Å². The summed E-state index contributed by atoms with van der Waals surface area (Å²) in [6, 6.07) is 0.833. The Morgan fingerprint density at radius 1 is 1.47 bits per heavy atom. The van der Waals surface area contributed by atoms with Crippen LogP contribution in [0, 0.1) is 0 Å². The minimum Gasteiger partial charge on any atom is -0.332 e. The lowest BCUT2D eigenvalue weighted by Gasteiger charge is -2.02. The third-order valence-electron chi connectivity index (χ3n) is 1.47. The van der Waals surface area contributed by atoms with Gasteiger partial charge in [-0.25, -0.2) is 9.59 Å². The van der Waals surface area contributed by atoms with Crippen molar-refractivity contribution in [3.05, 3.63) is 22.1 Å². The van der Waals surface area contributed by atoms with Gasteiger partial charge in [0.1, 0.15) is 6.67 Å². The van der Waals surface area contributed by atoms with Gasteiger partial charge in [0.25, 0.3) is 5.56 Å². The predicted molar refractivity (Wildman–Crippen MR) is 49.8 cm³/mol. The van der Waals surface area contributed by atoms with Gasteiger partial charge in [-0.2, -0.15) is 4.99 Å². The van der Waals surface area contributed by atoms with E-state index in [0.717, 1.165) is 0 Å². The molecule has 8 heteroatoms. The summed E-state index contributed by atoms with van der Waals surface area (Å²) in [5, 5.41) is 9.61. The molecule has 80 valence electrons. The number of amides is 2. The van der Waals surface area contributed by atoms with Crippen molar-refractivity contribution < 1.29 is 9.59 Å². The van der Waals surface area contributed by atoms with Gasteiger partial charge in [-0.3, -0.25) is 9.89 Å². The Balaban J connectivity index is 2.28. The van der Waals surface area contributed by atoms with Crippen LogP contribution in [0.3, 0.4) is 0 Å². The summed E-state index contributed by atoms with van der Waals surface area (Å²) in [7, 11) is 0. The van der Waals surface area contributed by atoms with Crippen LogP contribution in [-0.4, -0.2) is 29.0 Å². The maximum Gasteiger partial charge on any atom is 0.316 e. The fraction of sp³-hybridized carbons (Fsp3) is 0.286. The van der Waals surface area contributed by atoms with Crippen LogP contribution in [0.1, 0.15) is 5.69 Å². The average Bonchev–Trinajstić information content (AvgIpc) is 2.62. The van der Waals surface area contributed by atoms with E-state index in [4.69, 9.17) is 0 Å². The van der Waals surface area contributed by atoms with Crippen LogP contribution in [0.2, 0.25) is 0 Å². The van der Waals surface area contributed by atoms with Crippen LogP contribution in [0.25, 0.3) is 0 Å². The molecule has 15 heavy (non-hydrogen) atoms. The predicted octanol–water partition coefficient (Wildman–Crippen LogP) is -1.20. The fourth-order valence-electron chi connectivity index (χ4n) is 0.849. The maximum absolute atomic E-state index is 11.0. The summed E-state index contributed by atoms with van der Waals surface area (Å²) in [5.74, 6) is 0. The summed E-state index contributed by atoms with van der Waals surface area (Å²) in [6.45, 7) is 0.0500. The van der Waals surface area contributed by atoms with Crippen molar-refractivity contribution >= 4 is 12.1 Å². The molecule has 0 bridgehead atoms. The Hall–Kier alpha value is -2.34. The van der Waals surface area contributed by atoms with Crippen LogP contribution in [0.15, 0.2) is 15.9 Å². The minimum absolute atomic E-state index is 0.126. The zero-order valence-electron chi connectivity index (χ0n) is 7.66. The number of hydrogen-bond donors (Lipinski definition) is 4. The molecule has 0 aliphatic carbocycles. The lowest BCUT2D eigenvalue weighted by molar-refractivity contribution is 0.240. The molecule has 1 heterocycles. The molecular weight excluding hydrogens is 202 g/mol. The SMILES string of the molecule is O=C=NCNC(=O)NCc1cc(=O)[nH][nH]1. The number of nitrogens with one attached hydrogen (secondary N) is 4. The molecule has 0 fully saturated rings. The maximum atomic E-state index is 11.0. The molecule has 0 saturated carbocycles. The van der Waals surface area contributed by atoms with Gasteiger partial charge in [0.05, 0.1) is 12.2 Å². The largest absolute Gasteiger partial charge is 0.332 e. The molecule has 2 amide bonds. The van der Waals surface area contributed by atoms with E-state index < -0.39 is 6.03 Å². The molecule has 1 rings (SSSR count). The first-order valence-electron chi connectivity index (χ1n) is 4.04. The van der Waals surface area contributed by atoms with Gasteiger partial charge in [-0.05, 0) is 0 Å². The summed E-state index contributed by atoms with van der Waals surface area (Å²) < 4.78 is 0. The molecule has 0 spiro atoms. The van der Waals surface area contributed by atoms with E-state index in [1.807, 2.05) is 0 Å². The minimum atomic E-state index is -0.490. The highest BCUT2D eigenvalue weighted by molar-refractivity contribution is 5.73. The number of nitrogens with zero attached hydrogens (tertiary/aromatic N) is 1. The number of carbonyl (C=O) groups excluding carboxylic acids is 2. The second-order valence-corrected chi connectivity index (χ2v) is 2.55. The van der Waals surface area contributed by atoms with Crippen LogP contribution in [0.4, 0.5) is 4.79 Å². The van der Waals surface area contributed by atoms with Crippen molar-refractivity contribution in [1.82, 2.24) is 20.8 Å². The number of rotatable bonds is 4. The van der Waals surface area contributed by atoms with Crippen LogP contribution in [-0.2, 0) is 11.3 Å². The number of carbonyl (C=O) groups is 1. The number of isocyanates is 1. The van der Waals surface area contributed by atoms with Gasteiger partial charge < -0.3 is 15.7 Å². The monoisotopic (exact) mass is 211 g/mol. The zero-order valence-corrected chi connectivity index (χ0v) is 7.66. The molecule has 0 unspecified atom stereocenters. The molecular formula is C7H9N5O3. The van der Waals surface area contributed by atoms with E-state index >= 15 is 0 Å². The van der Waals surface area contributed by atoms with E-state index in [1.54, 1.807) is 0 Å². The van der Waals surface area contributed by atoms with Crippen molar-refractivity contribution in [2.45, 2.75) is 6.54 Å². The number of aromatic nitrogens is 2. The first kappa shape index (κ1) is 10.7. The van der Waals surface area contributed by atoms with Gasteiger partial charge in [0, 0.05) is 6.07 Å². The van der Waals surface area contributed by atoms with Crippen molar-refractivity contribution in [2.24, 2.45) is 4.99 Å². The van der Waals surface area contributed by atoms with Gasteiger partial charge >= 0.3 is 6.03 Å². The van der Waals surface area contributed by atoms with Gasteiger partial charge in [-0.1, -0.05) is 0 Å². The Morgan fingerprint density at radius 2 is 2.27 bits per heavy atom. The molecule has 1 aromatic heterocycles. The van der Waals surface area contributed by atoms with Crippen molar-refractivity contribution in [3.63, 3.8) is 0 Å². The Bertz CT molecular complexity index is 428. The fourth-order valence-corrected chi connectivity index (χ4v) is 0.849. The number of aromatic amines is 2. The van der Waals surface area contributed by atoms with Crippen LogP contribution < -0.4 is 16.2 Å². The Kier molecular flexibility index (Phi) is 3.87. The molecule has 0 atom stereocenters. The highest BCUT2D eigenvalue weighted by Crippen LogP contribution is 1.84. The van der Waals surface area contributed by atoms with E-state index in [0.29, 0.717) is 5.69 Å². The second kappa shape index (κ2) is 5.40. The summed E-state index contributed by atoms with van der Waals surface area (Å²) >= 11 is 0. The third-order valence-corrected chi connectivity index (χ3v) is 1.47. The highest BCUT2D eigenvalue weighted by Gasteiger charge is 2.00. The lowest BCUT2D eigenvalue weighted by atomic mass is 10.4.